The molecular formula is C23H33N3O4. The second-order valence-electron chi connectivity index (χ2n) is 8.61. The Hall–Kier alpha value is -2.12. The number of benzene rings is 1. The average molecular weight is 416 g/mol. The Labute approximate surface area is 178 Å². The summed E-state index contributed by atoms with van der Waals surface area (Å²) in [7, 11) is 1.64. The van der Waals surface area contributed by atoms with Crippen molar-refractivity contribution in [2.45, 2.75) is 31.8 Å². The van der Waals surface area contributed by atoms with Crippen LogP contribution in [0.1, 0.15) is 24.8 Å². The van der Waals surface area contributed by atoms with Gasteiger partial charge < -0.3 is 19.3 Å². The number of morpholine rings is 1. The molecular weight excluding hydrogens is 382 g/mol. The molecule has 3 aliphatic rings. The first-order valence-corrected chi connectivity index (χ1v) is 11.2. The molecule has 2 heterocycles. The predicted molar refractivity (Wildman–Crippen MR) is 113 cm³/mol. The lowest BCUT2D eigenvalue weighted by molar-refractivity contribution is -0.141. The first-order valence-electron chi connectivity index (χ1n) is 11.2. The summed E-state index contributed by atoms with van der Waals surface area (Å²) in [5, 5.41) is 0. The molecule has 1 aromatic rings. The lowest BCUT2D eigenvalue weighted by Gasteiger charge is -2.35. The van der Waals surface area contributed by atoms with Crippen molar-refractivity contribution >= 4 is 11.8 Å². The zero-order valence-corrected chi connectivity index (χ0v) is 17.9. The Morgan fingerprint density at radius 1 is 1.03 bits per heavy atom. The molecule has 3 fully saturated rings. The molecule has 164 valence electrons. The number of hydrogen-bond acceptors (Lipinski definition) is 5. The maximum absolute atomic E-state index is 12.8. The van der Waals surface area contributed by atoms with E-state index in [1.807, 2.05) is 34.1 Å². The van der Waals surface area contributed by atoms with Crippen molar-refractivity contribution < 1.29 is 19.1 Å². The van der Waals surface area contributed by atoms with Gasteiger partial charge in [0.25, 0.3) is 0 Å². The lowest BCUT2D eigenvalue weighted by atomic mass is 10.1. The summed E-state index contributed by atoms with van der Waals surface area (Å²) in [6, 6.07) is 7.70. The van der Waals surface area contributed by atoms with E-state index in [-0.39, 0.29) is 17.9 Å². The highest BCUT2D eigenvalue weighted by Crippen LogP contribution is 2.31. The molecule has 1 atom stereocenters. The maximum atomic E-state index is 12.8. The van der Waals surface area contributed by atoms with Crippen LogP contribution in [0.5, 0.6) is 5.75 Å². The fourth-order valence-electron chi connectivity index (χ4n) is 4.34. The lowest BCUT2D eigenvalue weighted by Crippen LogP contribution is -2.50. The van der Waals surface area contributed by atoms with Crippen molar-refractivity contribution in [3.05, 3.63) is 29.8 Å². The van der Waals surface area contributed by atoms with Crippen LogP contribution in [0.4, 0.5) is 0 Å². The minimum absolute atomic E-state index is 0.0722. The smallest absolute Gasteiger partial charge is 0.227 e. The van der Waals surface area contributed by atoms with Crippen molar-refractivity contribution in [1.82, 2.24) is 14.7 Å². The van der Waals surface area contributed by atoms with Gasteiger partial charge in [-0.05, 0) is 43.5 Å². The van der Waals surface area contributed by atoms with Crippen molar-refractivity contribution in [2.24, 2.45) is 5.92 Å². The third-order valence-electron chi connectivity index (χ3n) is 6.29. The Bertz CT molecular complexity index is 734. The number of hydrogen-bond donors (Lipinski definition) is 0. The summed E-state index contributed by atoms with van der Waals surface area (Å²) in [6.07, 6.45) is 3.56. The molecule has 30 heavy (non-hydrogen) atoms. The molecule has 1 aliphatic carbocycles. The van der Waals surface area contributed by atoms with Gasteiger partial charge in [0, 0.05) is 45.2 Å². The largest absolute Gasteiger partial charge is 0.497 e. The quantitative estimate of drug-likeness (QED) is 0.703. The minimum Gasteiger partial charge on any atom is -0.497 e. The summed E-state index contributed by atoms with van der Waals surface area (Å²) in [5.74, 6) is 1.57. The molecule has 2 aliphatic heterocycles. The van der Waals surface area contributed by atoms with E-state index in [2.05, 4.69) is 4.90 Å². The fourth-order valence-corrected chi connectivity index (χ4v) is 4.34. The van der Waals surface area contributed by atoms with Crippen molar-refractivity contribution in [3.8, 4) is 5.75 Å². The molecule has 7 nitrogen and oxygen atoms in total. The van der Waals surface area contributed by atoms with Gasteiger partial charge in [0.05, 0.1) is 26.2 Å². The molecule has 7 heteroatoms. The molecule has 0 spiro atoms. The first-order chi connectivity index (χ1) is 14.6. The van der Waals surface area contributed by atoms with Gasteiger partial charge in [-0.2, -0.15) is 0 Å². The topological polar surface area (TPSA) is 62.3 Å². The van der Waals surface area contributed by atoms with E-state index in [4.69, 9.17) is 9.47 Å². The first kappa shape index (κ1) is 21.1. The Morgan fingerprint density at radius 3 is 2.57 bits per heavy atom. The van der Waals surface area contributed by atoms with E-state index in [9.17, 15) is 9.59 Å². The third kappa shape index (κ3) is 5.52. The molecule has 0 radical (unpaired) electrons. The number of ether oxygens (including phenoxy) is 2. The normalized spacial score (nSPS) is 23.2. The van der Waals surface area contributed by atoms with Gasteiger partial charge in [-0.3, -0.25) is 14.5 Å². The summed E-state index contributed by atoms with van der Waals surface area (Å²) < 4.78 is 11.1. The summed E-state index contributed by atoms with van der Waals surface area (Å²) in [4.78, 5) is 31.5. The zero-order chi connectivity index (χ0) is 20.9. The molecule has 1 saturated carbocycles. The van der Waals surface area contributed by atoms with Gasteiger partial charge >= 0.3 is 0 Å². The standard InChI is InChI=1S/C23H33N3O4/c1-29-20-7-3-18(4-8-20)15-22(27)25-10-2-9-24(11-12-25)16-21-17-26(13-14-30-21)23(28)19-5-6-19/h3-4,7-8,19,21H,2,5-6,9-17H2,1H3. The number of carbonyl (C=O) groups is 2. The molecule has 0 bridgehead atoms. The number of methoxy groups -OCH3 is 1. The van der Waals surface area contributed by atoms with Crippen LogP contribution < -0.4 is 4.74 Å². The van der Waals surface area contributed by atoms with Crippen molar-refractivity contribution in [1.29, 1.82) is 0 Å². The Kier molecular flexibility index (Phi) is 6.89. The van der Waals surface area contributed by atoms with Gasteiger partial charge in [-0.1, -0.05) is 12.1 Å². The fraction of sp³-hybridized carbons (Fsp3) is 0.652. The highest BCUT2D eigenvalue weighted by molar-refractivity contribution is 5.81. The molecule has 2 saturated heterocycles. The zero-order valence-electron chi connectivity index (χ0n) is 17.9. The van der Waals surface area contributed by atoms with Crippen LogP contribution in [0.25, 0.3) is 0 Å². The molecule has 1 unspecified atom stereocenters. The van der Waals surface area contributed by atoms with Gasteiger partial charge in [0.2, 0.25) is 11.8 Å². The SMILES string of the molecule is COc1ccc(CC(=O)N2CCCN(CC3CN(C(=O)C4CC4)CCO3)CC2)cc1. The summed E-state index contributed by atoms with van der Waals surface area (Å²) in [6.45, 7) is 6.23. The molecule has 0 N–H and O–H groups in total. The van der Waals surface area contributed by atoms with Crippen LogP contribution in [-0.4, -0.2) is 92.1 Å². The van der Waals surface area contributed by atoms with Crippen molar-refractivity contribution in [3.63, 3.8) is 0 Å². The van der Waals surface area contributed by atoms with Crippen LogP contribution in [0, 0.1) is 5.92 Å². The second-order valence-corrected chi connectivity index (χ2v) is 8.61. The van der Waals surface area contributed by atoms with Gasteiger partial charge in [-0.25, -0.2) is 0 Å². The van der Waals surface area contributed by atoms with Gasteiger partial charge in [-0.15, -0.1) is 0 Å². The predicted octanol–water partition coefficient (Wildman–Crippen LogP) is 1.41. The summed E-state index contributed by atoms with van der Waals surface area (Å²) in [5.41, 5.74) is 1.01. The number of rotatable bonds is 6. The maximum Gasteiger partial charge on any atom is 0.227 e. The number of carbonyl (C=O) groups excluding carboxylic acids is 2. The van der Waals surface area contributed by atoms with E-state index in [0.29, 0.717) is 25.5 Å². The highest BCUT2D eigenvalue weighted by atomic mass is 16.5. The molecule has 4 rings (SSSR count). The Balaban J connectivity index is 1.24. The van der Waals surface area contributed by atoms with E-state index in [1.54, 1.807) is 7.11 Å². The average Bonchev–Trinajstić information content (AvgIpc) is 3.62. The van der Waals surface area contributed by atoms with Crippen molar-refractivity contribution in [2.75, 3.05) is 59.5 Å². The monoisotopic (exact) mass is 415 g/mol. The van der Waals surface area contributed by atoms with E-state index in [1.165, 1.54) is 0 Å². The molecule has 2 amide bonds. The number of amides is 2. The number of nitrogens with zero attached hydrogens (tertiary/aromatic N) is 3. The van der Waals surface area contributed by atoms with Crippen LogP contribution in [0.3, 0.4) is 0 Å². The third-order valence-corrected chi connectivity index (χ3v) is 6.29. The van der Waals surface area contributed by atoms with E-state index >= 15 is 0 Å². The van der Waals surface area contributed by atoms with Crippen LogP contribution in [-0.2, 0) is 20.7 Å². The minimum atomic E-state index is 0.0722. The highest BCUT2D eigenvalue weighted by Gasteiger charge is 2.36. The van der Waals surface area contributed by atoms with E-state index < -0.39 is 0 Å². The van der Waals surface area contributed by atoms with Crippen LogP contribution >= 0.6 is 0 Å². The van der Waals surface area contributed by atoms with Gasteiger partial charge in [0.15, 0.2) is 0 Å². The van der Waals surface area contributed by atoms with E-state index in [0.717, 1.165) is 69.8 Å². The molecule has 1 aromatic carbocycles. The Morgan fingerprint density at radius 2 is 1.83 bits per heavy atom. The van der Waals surface area contributed by atoms with Crippen LogP contribution in [0.15, 0.2) is 24.3 Å². The second kappa shape index (κ2) is 9.79. The van der Waals surface area contributed by atoms with Gasteiger partial charge in [0.1, 0.15) is 5.75 Å². The molecule has 0 aromatic heterocycles. The van der Waals surface area contributed by atoms with Crippen LogP contribution in [0.2, 0.25) is 0 Å². The summed E-state index contributed by atoms with van der Waals surface area (Å²) >= 11 is 0.